The molecule has 0 N–H and O–H groups in total. The molecule has 0 aliphatic rings. The van der Waals surface area contributed by atoms with Crippen LogP contribution in [-0.2, 0) is 11.8 Å². The zero-order valence-electron chi connectivity index (χ0n) is 21.2. The molecule has 6 rings (SSSR count). The molecule has 0 aliphatic heterocycles. The first-order chi connectivity index (χ1) is 16.7. The van der Waals surface area contributed by atoms with Crippen LogP contribution in [0.4, 0.5) is 0 Å². The van der Waals surface area contributed by atoms with Crippen molar-refractivity contribution in [1.29, 1.82) is 0 Å². The fourth-order valence-corrected chi connectivity index (χ4v) is 7.64. The number of aryl methyl sites for hydroxylation is 1. The van der Waals surface area contributed by atoms with Crippen LogP contribution in [0.2, 0.25) is 0 Å². The van der Waals surface area contributed by atoms with Crippen molar-refractivity contribution in [2.45, 2.75) is 53.4 Å². The van der Waals surface area contributed by atoms with E-state index < -0.39 is 0 Å². The summed E-state index contributed by atoms with van der Waals surface area (Å²) in [6, 6.07) is 17.9. The number of fused-ring (bicyclic) bond motifs is 6. The second-order valence-electron chi connectivity index (χ2n) is 11.0. The zero-order chi connectivity index (χ0) is 24.5. The Bertz CT molecular complexity index is 1750. The quantitative estimate of drug-likeness (QED) is 0.245. The van der Waals surface area contributed by atoms with Gasteiger partial charge in [-0.15, -0.1) is 22.7 Å². The lowest BCUT2D eigenvalue weighted by molar-refractivity contribution is 0.596. The van der Waals surface area contributed by atoms with E-state index in [0.717, 1.165) is 17.6 Å². The summed E-state index contributed by atoms with van der Waals surface area (Å²) in [5.74, 6) is 0.616. The number of benzene rings is 3. The van der Waals surface area contributed by atoms with Gasteiger partial charge in [0.2, 0.25) is 0 Å². The summed E-state index contributed by atoms with van der Waals surface area (Å²) in [5, 5.41) is 5.29. The van der Waals surface area contributed by atoms with E-state index in [4.69, 9.17) is 9.97 Å². The van der Waals surface area contributed by atoms with Gasteiger partial charge in [0.1, 0.15) is 6.33 Å². The summed E-state index contributed by atoms with van der Waals surface area (Å²) in [5.41, 5.74) is 6.19. The maximum absolute atomic E-state index is 4.87. The molecule has 176 valence electrons. The first-order valence-corrected chi connectivity index (χ1v) is 14.0. The fourth-order valence-electron chi connectivity index (χ4n) is 5.36. The molecule has 0 unspecified atom stereocenters. The number of aromatic nitrogens is 2. The van der Waals surface area contributed by atoms with Gasteiger partial charge in [0.15, 0.2) is 0 Å². The van der Waals surface area contributed by atoms with Crippen LogP contribution >= 0.6 is 22.7 Å². The van der Waals surface area contributed by atoms with Crippen LogP contribution in [0.3, 0.4) is 0 Å². The van der Waals surface area contributed by atoms with E-state index in [1.54, 1.807) is 6.33 Å². The average Bonchev–Trinajstić information content (AvgIpc) is 3.34. The summed E-state index contributed by atoms with van der Waals surface area (Å²) >= 11 is 3.75. The molecule has 0 radical (unpaired) electrons. The molecule has 0 amide bonds. The third-order valence-electron chi connectivity index (χ3n) is 6.93. The highest BCUT2D eigenvalue weighted by atomic mass is 32.1. The Kier molecular flexibility index (Phi) is 5.24. The zero-order valence-corrected chi connectivity index (χ0v) is 22.8. The summed E-state index contributed by atoms with van der Waals surface area (Å²) in [4.78, 5) is 11.2. The van der Waals surface area contributed by atoms with Crippen molar-refractivity contribution in [1.82, 2.24) is 9.97 Å². The lowest BCUT2D eigenvalue weighted by atomic mass is 9.82. The summed E-state index contributed by atoms with van der Waals surface area (Å²) in [7, 11) is 0. The van der Waals surface area contributed by atoms with E-state index >= 15 is 0 Å². The molecule has 0 saturated carbocycles. The maximum Gasteiger partial charge on any atom is 0.116 e. The first kappa shape index (κ1) is 22.6. The largest absolute Gasteiger partial charge is 0.235 e. The molecule has 6 aromatic rings. The van der Waals surface area contributed by atoms with Crippen molar-refractivity contribution < 1.29 is 0 Å². The van der Waals surface area contributed by atoms with Crippen LogP contribution < -0.4 is 0 Å². The Hall–Kier alpha value is -2.82. The fraction of sp³-hybridized carbons (Fsp3) is 0.290. The Morgan fingerprint density at radius 3 is 2.37 bits per heavy atom. The summed E-state index contributed by atoms with van der Waals surface area (Å²) in [6.45, 7) is 13.8. The lowest BCUT2D eigenvalue weighted by Crippen LogP contribution is -2.12. The molecule has 35 heavy (non-hydrogen) atoms. The third kappa shape index (κ3) is 3.66. The minimum Gasteiger partial charge on any atom is -0.235 e. The van der Waals surface area contributed by atoms with Gasteiger partial charge >= 0.3 is 0 Å². The van der Waals surface area contributed by atoms with E-state index in [-0.39, 0.29) is 5.41 Å². The number of nitrogens with zero attached hydrogens (tertiary/aromatic N) is 2. The van der Waals surface area contributed by atoms with E-state index in [1.807, 2.05) is 22.7 Å². The molecule has 0 atom stereocenters. The average molecular weight is 495 g/mol. The number of thiophene rings is 2. The topological polar surface area (TPSA) is 25.8 Å². The molecule has 3 aromatic carbocycles. The van der Waals surface area contributed by atoms with Gasteiger partial charge in [0, 0.05) is 30.6 Å². The van der Waals surface area contributed by atoms with Gasteiger partial charge < -0.3 is 0 Å². The molecular weight excluding hydrogens is 464 g/mol. The van der Waals surface area contributed by atoms with E-state index in [9.17, 15) is 0 Å². The highest BCUT2D eigenvalue weighted by Crippen LogP contribution is 2.45. The van der Waals surface area contributed by atoms with Crippen LogP contribution in [0.5, 0.6) is 0 Å². The number of hydrogen-bond donors (Lipinski definition) is 0. The molecule has 2 nitrogen and oxygen atoms in total. The molecular formula is C31H30N2S2. The van der Waals surface area contributed by atoms with E-state index in [2.05, 4.69) is 90.1 Å². The smallest absolute Gasteiger partial charge is 0.116 e. The van der Waals surface area contributed by atoms with Crippen molar-refractivity contribution in [3.63, 3.8) is 0 Å². The van der Waals surface area contributed by atoms with E-state index in [0.29, 0.717) is 5.92 Å². The monoisotopic (exact) mass is 494 g/mol. The summed E-state index contributed by atoms with van der Waals surface area (Å²) in [6.07, 6.45) is 2.86. The standard InChI is InChI=1S/C31H30N2S2/c1-17(2)13-22-18(3)34-24-11-12-25-27(26(22)24)29-30(35-25)28(32-16-33-29)20-14-19-9-7-8-10-21(19)23(15-20)31(4,5)6/h7-12,14-17H,13H2,1-6H3. The first-order valence-electron chi connectivity index (χ1n) is 12.3. The van der Waals surface area contributed by atoms with Gasteiger partial charge in [-0.2, -0.15) is 0 Å². The van der Waals surface area contributed by atoms with Crippen LogP contribution in [-0.4, -0.2) is 9.97 Å². The lowest BCUT2D eigenvalue weighted by Gasteiger charge is -2.22. The van der Waals surface area contributed by atoms with Crippen molar-refractivity contribution in [2.75, 3.05) is 0 Å². The number of rotatable bonds is 3. The van der Waals surface area contributed by atoms with Crippen LogP contribution in [0.1, 0.15) is 50.6 Å². The Morgan fingerprint density at radius 1 is 0.886 bits per heavy atom. The Morgan fingerprint density at radius 2 is 1.63 bits per heavy atom. The summed E-state index contributed by atoms with van der Waals surface area (Å²) < 4.78 is 3.85. The third-order valence-corrected chi connectivity index (χ3v) is 9.19. The number of hydrogen-bond acceptors (Lipinski definition) is 4. The molecule has 0 spiro atoms. The maximum atomic E-state index is 4.87. The predicted molar refractivity (Wildman–Crippen MR) is 155 cm³/mol. The van der Waals surface area contributed by atoms with Gasteiger partial charge in [0.05, 0.1) is 15.9 Å². The molecule has 3 heterocycles. The normalized spacial score (nSPS) is 12.7. The van der Waals surface area contributed by atoms with Crippen LogP contribution in [0, 0.1) is 12.8 Å². The van der Waals surface area contributed by atoms with Gasteiger partial charge in [-0.3, -0.25) is 0 Å². The van der Waals surface area contributed by atoms with Crippen molar-refractivity contribution in [3.8, 4) is 11.3 Å². The van der Waals surface area contributed by atoms with Crippen LogP contribution in [0.15, 0.2) is 54.9 Å². The van der Waals surface area contributed by atoms with Crippen molar-refractivity contribution in [2.24, 2.45) is 5.92 Å². The second-order valence-corrected chi connectivity index (χ2v) is 13.4. The SMILES string of the molecule is Cc1sc2ccc3sc4c(-c5cc(C(C)(C)C)c6ccccc6c5)ncnc4c3c2c1CC(C)C. The van der Waals surface area contributed by atoms with Crippen molar-refractivity contribution >= 4 is 63.8 Å². The second kappa shape index (κ2) is 8.11. The highest BCUT2D eigenvalue weighted by Gasteiger charge is 2.22. The molecule has 0 fully saturated rings. The Balaban J connectivity index is 1.68. The molecule has 0 saturated heterocycles. The molecule has 4 heteroatoms. The van der Waals surface area contributed by atoms with Gasteiger partial charge in [-0.25, -0.2) is 9.97 Å². The van der Waals surface area contributed by atoms with Gasteiger partial charge in [-0.05, 0) is 70.8 Å². The van der Waals surface area contributed by atoms with Gasteiger partial charge in [-0.1, -0.05) is 58.9 Å². The van der Waals surface area contributed by atoms with Gasteiger partial charge in [0.25, 0.3) is 0 Å². The highest BCUT2D eigenvalue weighted by molar-refractivity contribution is 7.26. The molecule has 3 aromatic heterocycles. The minimum absolute atomic E-state index is 0.0358. The molecule has 0 aliphatic carbocycles. The Labute approximate surface area is 214 Å². The molecule has 0 bridgehead atoms. The predicted octanol–water partition coefficient (Wildman–Crippen LogP) is 9.68. The van der Waals surface area contributed by atoms with Crippen LogP contribution in [0.25, 0.3) is 52.4 Å². The minimum atomic E-state index is 0.0358. The van der Waals surface area contributed by atoms with E-state index in [1.165, 1.54) is 57.2 Å². The van der Waals surface area contributed by atoms with Crippen molar-refractivity contribution in [3.05, 3.63) is 70.9 Å².